The molecule has 0 spiro atoms. The minimum atomic E-state index is -3.87. The van der Waals surface area contributed by atoms with Crippen LogP contribution in [0.4, 0.5) is 5.69 Å². The summed E-state index contributed by atoms with van der Waals surface area (Å²) >= 11 is 9.18. The van der Waals surface area contributed by atoms with Gasteiger partial charge in [-0.05, 0) is 54.6 Å². The summed E-state index contributed by atoms with van der Waals surface area (Å²) < 4.78 is 36.4. The molecule has 1 amide bonds. The zero-order chi connectivity index (χ0) is 19.6. The average Bonchev–Trinajstić information content (AvgIpc) is 3.13. The molecule has 27 heavy (non-hydrogen) atoms. The number of methoxy groups -OCH3 is 1. The Morgan fingerprint density at radius 3 is 2.48 bits per heavy atom. The fourth-order valence-corrected chi connectivity index (χ4v) is 3.89. The van der Waals surface area contributed by atoms with Crippen molar-refractivity contribution in [1.82, 2.24) is 0 Å². The maximum atomic E-state index is 12.6. The summed E-state index contributed by atoms with van der Waals surface area (Å²) in [6.45, 7) is 0. The summed E-state index contributed by atoms with van der Waals surface area (Å²) in [6, 6.07) is 13.4. The lowest BCUT2D eigenvalue weighted by atomic mass is 10.3. The van der Waals surface area contributed by atoms with Crippen LogP contribution in [0.15, 0.2) is 73.5 Å². The summed E-state index contributed by atoms with van der Waals surface area (Å²) in [5.74, 6) is -0.387. The molecule has 1 N–H and O–H groups in total. The highest BCUT2D eigenvalue weighted by Crippen LogP contribution is 2.29. The monoisotopic (exact) mass is 469 g/mol. The second-order valence-corrected chi connectivity index (χ2v) is 8.61. The van der Waals surface area contributed by atoms with Crippen LogP contribution in [-0.2, 0) is 9.84 Å². The van der Waals surface area contributed by atoms with Crippen molar-refractivity contribution < 1.29 is 22.4 Å². The zero-order valence-electron chi connectivity index (χ0n) is 13.9. The van der Waals surface area contributed by atoms with Crippen LogP contribution in [0.2, 0.25) is 5.02 Å². The Morgan fingerprint density at radius 1 is 1.11 bits per heavy atom. The van der Waals surface area contributed by atoms with Gasteiger partial charge in [-0.1, -0.05) is 27.5 Å². The predicted octanol–water partition coefficient (Wildman–Crippen LogP) is 4.79. The SMILES string of the molecule is COc1ccc(Cl)cc1NC(=O)c1ccc(S(=O)(=O)c2ccc(Br)cc2)o1. The summed E-state index contributed by atoms with van der Waals surface area (Å²) in [5.41, 5.74) is 0.337. The number of carbonyl (C=O) groups excluding carboxylic acids is 1. The molecule has 1 heterocycles. The molecule has 140 valence electrons. The fraction of sp³-hybridized carbons (Fsp3) is 0.0556. The van der Waals surface area contributed by atoms with E-state index in [0.29, 0.717) is 16.5 Å². The van der Waals surface area contributed by atoms with Crippen molar-refractivity contribution in [1.29, 1.82) is 0 Å². The van der Waals surface area contributed by atoms with E-state index in [9.17, 15) is 13.2 Å². The molecule has 3 rings (SSSR count). The van der Waals surface area contributed by atoms with Crippen LogP contribution in [0.5, 0.6) is 5.75 Å². The summed E-state index contributed by atoms with van der Waals surface area (Å²) in [6.07, 6.45) is 0. The Balaban J connectivity index is 1.86. The molecule has 3 aromatic rings. The van der Waals surface area contributed by atoms with Gasteiger partial charge in [0, 0.05) is 9.50 Å². The lowest BCUT2D eigenvalue weighted by Crippen LogP contribution is -2.12. The van der Waals surface area contributed by atoms with Gasteiger partial charge in [-0.15, -0.1) is 0 Å². The Labute approximate surface area is 169 Å². The molecule has 0 aliphatic rings. The van der Waals surface area contributed by atoms with Crippen molar-refractivity contribution in [2.75, 3.05) is 12.4 Å². The molecule has 9 heteroatoms. The number of sulfone groups is 1. The van der Waals surface area contributed by atoms with Gasteiger partial charge < -0.3 is 14.5 Å². The van der Waals surface area contributed by atoms with E-state index in [-0.39, 0.29) is 15.7 Å². The van der Waals surface area contributed by atoms with Gasteiger partial charge in [-0.25, -0.2) is 8.42 Å². The number of carbonyl (C=O) groups is 1. The summed E-state index contributed by atoms with van der Waals surface area (Å²) in [5, 5.41) is 2.67. The minimum Gasteiger partial charge on any atom is -0.495 e. The molecule has 0 saturated heterocycles. The molecular weight excluding hydrogens is 458 g/mol. The largest absolute Gasteiger partial charge is 0.495 e. The first-order valence-corrected chi connectivity index (χ1v) is 10.2. The van der Waals surface area contributed by atoms with Gasteiger partial charge in [0.25, 0.3) is 5.91 Å². The number of furan rings is 1. The molecule has 2 aromatic carbocycles. The quantitative estimate of drug-likeness (QED) is 0.579. The normalized spacial score (nSPS) is 11.2. The molecule has 0 bridgehead atoms. The van der Waals surface area contributed by atoms with Crippen molar-refractivity contribution in [3.8, 4) is 5.75 Å². The lowest BCUT2D eigenvalue weighted by molar-refractivity contribution is 0.0991. The number of ether oxygens (including phenoxy) is 1. The molecule has 1 aromatic heterocycles. The number of hydrogen-bond acceptors (Lipinski definition) is 5. The third-order valence-corrected chi connectivity index (χ3v) is 6.01. The molecule has 0 aliphatic carbocycles. The van der Waals surface area contributed by atoms with Crippen LogP contribution in [0, 0.1) is 0 Å². The number of nitrogens with one attached hydrogen (secondary N) is 1. The van der Waals surface area contributed by atoms with Crippen LogP contribution in [0.3, 0.4) is 0 Å². The zero-order valence-corrected chi connectivity index (χ0v) is 17.1. The molecule has 0 atom stereocenters. The van der Waals surface area contributed by atoms with Gasteiger partial charge in [0.2, 0.25) is 14.9 Å². The van der Waals surface area contributed by atoms with E-state index in [1.165, 1.54) is 37.4 Å². The second-order valence-electron chi connectivity index (χ2n) is 5.37. The van der Waals surface area contributed by atoms with Crippen molar-refractivity contribution in [2.24, 2.45) is 0 Å². The molecule has 6 nitrogen and oxygen atoms in total. The smallest absolute Gasteiger partial charge is 0.291 e. The van der Waals surface area contributed by atoms with Gasteiger partial charge in [0.15, 0.2) is 5.76 Å². The highest BCUT2D eigenvalue weighted by atomic mass is 79.9. The van der Waals surface area contributed by atoms with Gasteiger partial charge in [-0.3, -0.25) is 4.79 Å². The highest BCUT2D eigenvalue weighted by Gasteiger charge is 2.24. The van der Waals surface area contributed by atoms with E-state index in [2.05, 4.69) is 21.2 Å². The molecule has 0 fully saturated rings. The first-order chi connectivity index (χ1) is 12.8. The number of amides is 1. The van der Waals surface area contributed by atoms with Crippen LogP contribution in [-0.4, -0.2) is 21.4 Å². The van der Waals surface area contributed by atoms with E-state index < -0.39 is 15.7 Å². The molecule has 0 unspecified atom stereocenters. The maximum absolute atomic E-state index is 12.6. The third-order valence-electron chi connectivity index (χ3n) is 3.60. The van der Waals surface area contributed by atoms with Gasteiger partial charge in [-0.2, -0.15) is 0 Å². The number of benzene rings is 2. The van der Waals surface area contributed by atoms with Crippen molar-refractivity contribution in [2.45, 2.75) is 9.99 Å². The molecule has 0 saturated carbocycles. The second kappa shape index (κ2) is 7.75. The number of anilines is 1. The number of halogens is 2. The van der Waals surface area contributed by atoms with Crippen molar-refractivity contribution in [3.63, 3.8) is 0 Å². The first kappa shape index (κ1) is 19.5. The van der Waals surface area contributed by atoms with Gasteiger partial charge in [0.1, 0.15) is 5.75 Å². The van der Waals surface area contributed by atoms with Gasteiger partial charge in [0.05, 0.1) is 17.7 Å². The topological polar surface area (TPSA) is 85.6 Å². The molecular formula is C18H13BrClNO5S. The average molecular weight is 471 g/mol. The Bertz CT molecular complexity index is 1090. The highest BCUT2D eigenvalue weighted by molar-refractivity contribution is 9.10. The third kappa shape index (κ3) is 4.18. The van der Waals surface area contributed by atoms with Crippen LogP contribution < -0.4 is 10.1 Å². The summed E-state index contributed by atoms with van der Waals surface area (Å²) in [7, 11) is -2.42. The molecule has 0 aliphatic heterocycles. The predicted molar refractivity (Wildman–Crippen MR) is 104 cm³/mol. The Morgan fingerprint density at radius 2 is 1.81 bits per heavy atom. The minimum absolute atomic E-state index is 0.0588. The maximum Gasteiger partial charge on any atom is 0.291 e. The number of hydrogen-bond donors (Lipinski definition) is 1. The molecule has 0 radical (unpaired) electrons. The van der Waals surface area contributed by atoms with Crippen LogP contribution in [0.25, 0.3) is 0 Å². The van der Waals surface area contributed by atoms with Crippen LogP contribution in [0.1, 0.15) is 10.6 Å². The van der Waals surface area contributed by atoms with Crippen molar-refractivity contribution >= 4 is 49.0 Å². The Kier molecular flexibility index (Phi) is 5.59. The number of rotatable bonds is 5. The van der Waals surface area contributed by atoms with E-state index in [1.807, 2.05) is 0 Å². The first-order valence-electron chi connectivity index (χ1n) is 7.56. The van der Waals surface area contributed by atoms with E-state index in [1.54, 1.807) is 24.3 Å². The van der Waals surface area contributed by atoms with E-state index in [4.69, 9.17) is 20.8 Å². The van der Waals surface area contributed by atoms with Gasteiger partial charge >= 0.3 is 0 Å². The van der Waals surface area contributed by atoms with Crippen LogP contribution >= 0.6 is 27.5 Å². The van der Waals surface area contributed by atoms with E-state index >= 15 is 0 Å². The fourth-order valence-electron chi connectivity index (χ4n) is 2.28. The Hall–Kier alpha value is -2.29. The lowest BCUT2D eigenvalue weighted by Gasteiger charge is -2.09. The standard InChI is InChI=1S/C18H13BrClNO5S/c1-25-15-7-4-12(20)10-14(15)21-18(22)16-8-9-17(26-16)27(23,24)13-5-2-11(19)3-6-13/h2-10H,1H3,(H,21,22). The summed E-state index contributed by atoms with van der Waals surface area (Å²) in [4.78, 5) is 12.5. The van der Waals surface area contributed by atoms with E-state index in [0.717, 1.165) is 4.47 Å². The van der Waals surface area contributed by atoms with Crippen molar-refractivity contribution in [3.05, 3.63) is 69.9 Å².